The molecule has 1 amide bonds. The van der Waals surface area contributed by atoms with Crippen LogP contribution in [0.15, 0.2) is 48.7 Å². The van der Waals surface area contributed by atoms with Crippen LogP contribution in [-0.4, -0.2) is 41.4 Å². The first-order valence-electron chi connectivity index (χ1n) is 16.4. The molecule has 0 saturated carbocycles. The Kier molecular flexibility index (Phi) is 8.34. The molecule has 5 rings (SSSR count). The molecular weight excluding hydrogens is 558 g/mol. The van der Waals surface area contributed by atoms with Crippen LogP contribution in [0.1, 0.15) is 123 Å². The van der Waals surface area contributed by atoms with Crippen LogP contribution in [0.2, 0.25) is 0 Å². The van der Waals surface area contributed by atoms with E-state index in [1.165, 1.54) is 0 Å². The number of fused-ring (bicyclic) bond motifs is 5. The number of unbranched alkanes of at least 4 members (excludes halogenated alkanes) is 2. The number of anilines is 1. The van der Waals surface area contributed by atoms with E-state index in [-0.39, 0.29) is 22.4 Å². The van der Waals surface area contributed by atoms with E-state index in [4.69, 9.17) is 5.10 Å². The summed E-state index contributed by atoms with van der Waals surface area (Å²) < 4.78 is 3.90. The van der Waals surface area contributed by atoms with Gasteiger partial charge in [0.15, 0.2) is 0 Å². The smallest absolute Gasteiger partial charge is 0.259 e. The molecule has 3 heterocycles. The summed E-state index contributed by atoms with van der Waals surface area (Å²) >= 11 is 0. The number of aromatic nitrogens is 6. The van der Waals surface area contributed by atoms with Crippen molar-refractivity contribution in [2.45, 2.75) is 130 Å². The Morgan fingerprint density at radius 3 is 2.11 bits per heavy atom. The van der Waals surface area contributed by atoms with Crippen LogP contribution in [0.5, 0.6) is 0 Å². The first-order valence-corrected chi connectivity index (χ1v) is 16.4. The number of nitrogens with zero attached hydrogens (tertiary/aromatic N) is 7. The van der Waals surface area contributed by atoms with Crippen LogP contribution in [0.3, 0.4) is 0 Å². The van der Waals surface area contributed by atoms with Crippen molar-refractivity contribution in [3.63, 3.8) is 0 Å². The number of para-hydroxylation sites is 1. The summed E-state index contributed by atoms with van der Waals surface area (Å²) in [5.74, 6) is 0.00425. The zero-order valence-electron chi connectivity index (χ0n) is 29.2. The molecule has 0 radical (unpaired) electrons. The van der Waals surface area contributed by atoms with E-state index < -0.39 is 5.54 Å². The van der Waals surface area contributed by atoms with Gasteiger partial charge in [-0.3, -0.25) is 4.79 Å². The van der Waals surface area contributed by atoms with Gasteiger partial charge in [-0.05, 0) is 85.9 Å². The summed E-state index contributed by atoms with van der Waals surface area (Å²) in [6, 6.07) is 14.5. The molecule has 0 spiro atoms. The van der Waals surface area contributed by atoms with Crippen molar-refractivity contribution in [2.24, 2.45) is 0 Å². The minimum Gasteiger partial charge on any atom is -0.302 e. The Morgan fingerprint density at radius 2 is 1.47 bits per heavy atom. The fraction of sp³-hybridized carbons (Fsp3) is 0.541. The Bertz CT molecular complexity index is 1690. The van der Waals surface area contributed by atoms with Gasteiger partial charge in [0, 0.05) is 33.8 Å². The molecule has 0 unspecified atom stereocenters. The van der Waals surface area contributed by atoms with Gasteiger partial charge in [-0.25, -0.2) is 9.36 Å². The van der Waals surface area contributed by atoms with Crippen LogP contribution in [0.4, 0.5) is 5.69 Å². The topological polar surface area (TPSA) is 81.7 Å². The molecule has 0 atom stereocenters. The number of amides is 1. The van der Waals surface area contributed by atoms with Crippen molar-refractivity contribution in [3.05, 3.63) is 65.5 Å². The predicted molar refractivity (Wildman–Crippen MR) is 183 cm³/mol. The Morgan fingerprint density at radius 1 is 0.756 bits per heavy atom. The highest BCUT2D eigenvalue weighted by atomic mass is 16.2. The lowest BCUT2D eigenvalue weighted by Crippen LogP contribution is -2.49. The monoisotopic (exact) mass is 609 g/mol. The van der Waals surface area contributed by atoms with Crippen LogP contribution in [0, 0.1) is 0 Å². The van der Waals surface area contributed by atoms with E-state index in [9.17, 15) is 0 Å². The second kappa shape index (κ2) is 11.5. The van der Waals surface area contributed by atoms with Crippen LogP contribution < -0.4 is 4.90 Å². The average Bonchev–Trinajstić information content (AvgIpc) is 3.61. The maximum Gasteiger partial charge on any atom is 0.259 e. The molecule has 1 aliphatic rings. The summed E-state index contributed by atoms with van der Waals surface area (Å²) in [5, 5.41) is 18.5. The molecule has 8 nitrogen and oxygen atoms in total. The minimum absolute atomic E-state index is 0.00425. The van der Waals surface area contributed by atoms with Gasteiger partial charge >= 0.3 is 0 Å². The maximum atomic E-state index is 15.1. The zero-order chi connectivity index (χ0) is 32.9. The lowest BCUT2D eigenvalue weighted by Gasteiger charge is -2.41. The van der Waals surface area contributed by atoms with E-state index in [0.29, 0.717) is 12.0 Å². The van der Waals surface area contributed by atoms with E-state index >= 15 is 4.79 Å². The summed E-state index contributed by atoms with van der Waals surface area (Å²) in [6.45, 7) is 23.7. The van der Waals surface area contributed by atoms with E-state index in [1.807, 2.05) is 26.4 Å². The van der Waals surface area contributed by atoms with Crippen molar-refractivity contribution in [2.75, 3.05) is 4.90 Å². The number of hydrogen-bond acceptors (Lipinski definition) is 5. The van der Waals surface area contributed by atoms with Gasteiger partial charge in [0.1, 0.15) is 5.69 Å². The largest absolute Gasteiger partial charge is 0.302 e. The van der Waals surface area contributed by atoms with Gasteiger partial charge in [-0.1, -0.05) is 80.8 Å². The van der Waals surface area contributed by atoms with E-state index in [2.05, 4.69) is 128 Å². The third-order valence-electron chi connectivity index (χ3n) is 9.00. The van der Waals surface area contributed by atoms with E-state index in [1.54, 1.807) is 0 Å². The zero-order valence-corrected chi connectivity index (χ0v) is 29.2. The van der Waals surface area contributed by atoms with Gasteiger partial charge in [0.2, 0.25) is 0 Å². The highest BCUT2D eigenvalue weighted by Gasteiger charge is 2.39. The van der Waals surface area contributed by atoms with Gasteiger partial charge in [0.25, 0.3) is 5.91 Å². The summed E-state index contributed by atoms with van der Waals surface area (Å²) in [5.41, 5.74) is 5.82. The molecule has 0 aliphatic carbocycles. The predicted octanol–water partition coefficient (Wildman–Crippen LogP) is 8.55. The third kappa shape index (κ3) is 6.21. The van der Waals surface area contributed by atoms with Crippen LogP contribution in [-0.2, 0) is 22.9 Å². The quantitative estimate of drug-likeness (QED) is 0.187. The Labute approximate surface area is 269 Å². The number of carbonyl (C=O) groups is 1. The Balaban J connectivity index is 1.70. The van der Waals surface area contributed by atoms with Crippen molar-refractivity contribution >= 4 is 11.6 Å². The second-order valence-corrected chi connectivity index (χ2v) is 16.0. The molecule has 8 heteroatoms. The number of hydrogen-bond donors (Lipinski definition) is 0. The fourth-order valence-electron chi connectivity index (χ4n) is 6.38. The molecular formula is C37H51N7O. The van der Waals surface area contributed by atoms with Crippen molar-refractivity contribution < 1.29 is 4.79 Å². The van der Waals surface area contributed by atoms with Gasteiger partial charge in [-0.2, -0.15) is 0 Å². The molecule has 0 fully saturated rings. The second-order valence-electron chi connectivity index (χ2n) is 16.0. The number of carbonyl (C=O) groups excluding carboxylic acids is 1. The number of benzene rings is 2. The fourth-order valence-corrected chi connectivity index (χ4v) is 6.38. The van der Waals surface area contributed by atoms with Crippen LogP contribution >= 0.6 is 0 Å². The number of rotatable bonds is 8. The first kappa shape index (κ1) is 32.6. The summed E-state index contributed by atoms with van der Waals surface area (Å²) in [4.78, 5) is 17.1. The van der Waals surface area contributed by atoms with Gasteiger partial charge in [-0.15, -0.1) is 10.2 Å². The highest BCUT2D eigenvalue weighted by molar-refractivity contribution is 6.14. The van der Waals surface area contributed by atoms with Gasteiger partial charge in [0.05, 0.1) is 28.2 Å². The Hall–Kier alpha value is -3.81. The van der Waals surface area contributed by atoms with E-state index in [0.717, 1.165) is 65.1 Å². The summed E-state index contributed by atoms with van der Waals surface area (Å²) in [7, 11) is 0. The molecule has 0 bridgehead atoms. The van der Waals surface area contributed by atoms with Crippen molar-refractivity contribution in [1.82, 2.24) is 30.0 Å². The standard InChI is InChI=1S/C37H51N7O/c1-12-13-16-21-37(10,11)43-29-18-15-14-17-27(29)31-32(44(41-39-31)35(5,6)7)26-20-19-25(22-28(26)33(43)45)23-36(8,9)30-24-42(40-38-30)34(2,3)4/h14-15,17-20,22,24H,12-13,16,21,23H2,1-11H3. The molecule has 0 saturated heterocycles. The molecule has 45 heavy (non-hydrogen) atoms. The van der Waals surface area contributed by atoms with Gasteiger partial charge < -0.3 is 4.90 Å². The van der Waals surface area contributed by atoms with Crippen LogP contribution in [0.25, 0.3) is 22.5 Å². The maximum absolute atomic E-state index is 15.1. The highest BCUT2D eigenvalue weighted by Crippen LogP contribution is 2.45. The van der Waals surface area contributed by atoms with Crippen molar-refractivity contribution in [3.8, 4) is 22.5 Å². The van der Waals surface area contributed by atoms with Crippen molar-refractivity contribution in [1.29, 1.82) is 0 Å². The molecule has 240 valence electrons. The normalized spacial score (nSPS) is 14.1. The minimum atomic E-state index is -0.419. The lowest BCUT2D eigenvalue weighted by molar-refractivity contribution is 0.0959. The first-order chi connectivity index (χ1) is 21.0. The summed E-state index contributed by atoms with van der Waals surface area (Å²) in [6.07, 6.45) is 6.97. The molecule has 2 aromatic carbocycles. The molecule has 2 aromatic heterocycles. The molecule has 1 aliphatic heterocycles. The molecule has 4 aromatic rings. The average molecular weight is 610 g/mol. The molecule has 0 N–H and O–H groups in total. The SMILES string of the molecule is CCCCCC(C)(C)N1C(=O)c2cc(CC(C)(C)c3cn(C(C)(C)C)nn3)ccc2-c2c(nnn2C(C)(C)C)-c2ccccc21. The third-order valence-corrected chi connectivity index (χ3v) is 9.00. The lowest BCUT2D eigenvalue weighted by atomic mass is 9.81.